The van der Waals surface area contributed by atoms with Crippen LogP contribution in [0.5, 0.6) is 0 Å². The number of rotatable bonds is 4. The van der Waals surface area contributed by atoms with Gasteiger partial charge in [-0.15, -0.1) is 22.7 Å². The van der Waals surface area contributed by atoms with Crippen molar-refractivity contribution in [2.24, 2.45) is 0 Å². The van der Waals surface area contributed by atoms with Crippen LogP contribution in [0.4, 0.5) is 0 Å². The van der Waals surface area contributed by atoms with E-state index in [-0.39, 0.29) is 0 Å². The summed E-state index contributed by atoms with van der Waals surface area (Å²) in [6.45, 7) is 0. The van der Waals surface area contributed by atoms with Crippen LogP contribution >= 0.6 is 22.7 Å². The van der Waals surface area contributed by atoms with E-state index < -0.39 is 0 Å². The van der Waals surface area contributed by atoms with E-state index in [2.05, 4.69) is 188 Å². The fourth-order valence-electron chi connectivity index (χ4n) is 9.84. The third kappa shape index (κ3) is 4.77. The van der Waals surface area contributed by atoms with Crippen LogP contribution in [-0.4, -0.2) is 0 Å². The molecule has 3 aromatic heterocycles. The fourth-order valence-corrected chi connectivity index (χ4v) is 12.5. The second-order valence-corrected chi connectivity index (χ2v) is 17.5. The van der Waals surface area contributed by atoms with Crippen LogP contribution in [0.25, 0.3) is 128 Å². The lowest BCUT2D eigenvalue weighted by Crippen LogP contribution is -1.92. The summed E-state index contributed by atoms with van der Waals surface area (Å²) in [6.07, 6.45) is 0. The maximum Gasteiger partial charge on any atom is 0.136 e. The highest BCUT2D eigenvalue weighted by Gasteiger charge is 2.24. The molecule has 0 spiro atoms. The summed E-state index contributed by atoms with van der Waals surface area (Å²) in [5.41, 5.74) is 10.7. The smallest absolute Gasteiger partial charge is 0.136 e. The molecule has 1 nitrogen and oxygen atoms in total. The van der Waals surface area contributed by atoms with E-state index in [0.29, 0.717) is 0 Å². The van der Waals surface area contributed by atoms with Crippen LogP contribution in [0.3, 0.4) is 0 Å². The van der Waals surface area contributed by atoms with Gasteiger partial charge >= 0.3 is 0 Å². The first-order chi connectivity index (χ1) is 29.3. The van der Waals surface area contributed by atoms with E-state index in [1.165, 1.54) is 112 Å². The largest absolute Gasteiger partial charge is 0.456 e. The number of hydrogen-bond donors (Lipinski definition) is 0. The average Bonchev–Trinajstić information content (AvgIpc) is 4.01. The minimum atomic E-state index is 0.920. The number of furan rings is 1. The van der Waals surface area contributed by atoms with Crippen molar-refractivity contribution in [1.29, 1.82) is 0 Å². The van der Waals surface area contributed by atoms with Crippen molar-refractivity contribution in [3.8, 4) is 43.8 Å². The SMILES string of the molecule is c1ccc(-c2sc3c(ccc4c3sc3cccc(-c5c6ccccc6c(-c6cccc7c6ccc6oc8ccccc8c67)c6ccccc56)c34)c2-c2ccccc2)cc1. The second-order valence-electron chi connectivity index (χ2n) is 15.4. The normalized spacial score (nSPS) is 12.1. The number of benzene rings is 10. The Labute approximate surface area is 347 Å². The molecule has 0 amide bonds. The van der Waals surface area contributed by atoms with Crippen molar-refractivity contribution in [3.05, 3.63) is 194 Å². The molecular formula is C56H32OS2. The van der Waals surface area contributed by atoms with Crippen LogP contribution in [0.1, 0.15) is 0 Å². The van der Waals surface area contributed by atoms with Crippen LogP contribution in [-0.2, 0) is 0 Å². The lowest BCUT2D eigenvalue weighted by Gasteiger charge is -2.19. The number of para-hydroxylation sites is 1. The predicted octanol–water partition coefficient (Wildman–Crippen LogP) is 17.3. The Morgan fingerprint density at radius 2 is 0.831 bits per heavy atom. The lowest BCUT2D eigenvalue weighted by atomic mass is 9.83. The Morgan fingerprint density at radius 3 is 1.56 bits per heavy atom. The molecule has 0 N–H and O–H groups in total. The molecule has 3 heterocycles. The lowest BCUT2D eigenvalue weighted by molar-refractivity contribution is 0.669. The summed E-state index contributed by atoms with van der Waals surface area (Å²) >= 11 is 3.86. The molecule has 59 heavy (non-hydrogen) atoms. The molecule has 0 aliphatic carbocycles. The minimum absolute atomic E-state index is 0.920. The van der Waals surface area contributed by atoms with Gasteiger partial charge in [-0.1, -0.05) is 176 Å². The van der Waals surface area contributed by atoms with E-state index >= 15 is 0 Å². The standard InChI is InChI=1S/C56H32OS2/c1-3-15-33(16-4-1)49-44-29-30-45-53-43(26-14-28-48(53)58-55(45)56(44)59-54(49)34-17-5-2-6-18-34)51-40-21-9-7-19-38(40)50(39-20-8-10-22-41(39)51)36-24-13-25-37-35(36)31-32-47-52(37)42-23-11-12-27-46(42)57-47/h1-32H. The highest BCUT2D eigenvalue weighted by molar-refractivity contribution is 7.32. The van der Waals surface area contributed by atoms with E-state index in [1.54, 1.807) is 0 Å². The van der Waals surface area contributed by atoms with Gasteiger partial charge in [0.25, 0.3) is 0 Å². The highest BCUT2D eigenvalue weighted by atomic mass is 32.1. The first-order valence-corrected chi connectivity index (χ1v) is 21.7. The molecule has 0 atom stereocenters. The topological polar surface area (TPSA) is 13.1 Å². The number of thiophene rings is 2. The van der Waals surface area contributed by atoms with E-state index in [1.807, 2.05) is 28.7 Å². The minimum Gasteiger partial charge on any atom is -0.456 e. The zero-order valence-corrected chi connectivity index (χ0v) is 33.3. The molecule has 0 fully saturated rings. The van der Waals surface area contributed by atoms with Crippen molar-refractivity contribution in [2.75, 3.05) is 0 Å². The van der Waals surface area contributed by atoms with Gasteiger partial charge in [-0.2, -0.15) is 0 Å². The molecule has 0 bridgehead atoms. The molecule has 13 aromatic rings. The summed E-state index contributed by atoms with van der Waals surface area (Å²) in [6, 6.07) is 71.1. The zero-order chi connectivity index (χ0) is 38.6. The van der Waals surface area contributed by atoms with Crippen molar-refractivity contribution < 1.29 is 4.42 Å². The van der Waals surface area contributed by atoms with Gasteiger partial charge in [-0.25, -0.2) is 0 Å². The van der Waals surface area contributed by atoms with Gasteiger partial charge in [0.05, 0.1) is 9.40 Å². The average molecular weight is 785 g/mol. The molecule has 13 rings (SSSR count). The summed E-state index contributed by atoms with van der Waals surface area (Å²) in [5, 5.41) is 13.7. The Hall–Kier alpha value is -7.04. The molecule has 274 valence electrons. The van der Waals surface area contributed by atoms with Crippen molar-refractivity contribution >= 4 is 107 Å². The number of fused-ring (bicyclic) bond motifs is 12. The van der Waals surface area contributed by atoms with Crippen molar-refractivity contribution in [1.82, 2.24) is 0 Å². The van der Waals surface area contributed by atoms with E-state index in [4.69, 9.17) is 4.42 Å². The van der Waals surface area contributed by atoms with E-state index in [0.717, 1.165) is 16.6 Å². The quantitative estimate of drug-likeness (QED) is 0.162. The Morgan fingerprint density at radius 1 is 0.288 bits per heavy atom. The van der Waals surface area contributed by atoms with E-state index in [9.17, 15) is 0 Å². The maximum atomic E-state index is 6.34. The molecule has 10 aromatic carbocycles. The van der Waals surface area contributed by atoms with Gasteiger partial charge in [-0.3, -0.25) is 0 Å². The van der Waals surface area contributed by atoms with Gasteiger partial charge < -0.3 is 4.42 Å². The molecule has 3 heteroatoms. The summed E-state index contributed by atoms with van der Waals surface area (Å²) in [7, 11) is 0. The van der Waals surface area contributed by atoms with Crippen LogP contribution in [0.2, 0.25) is 0 Å². The van der Waals surface area contributed by atoms with Gasteiger partial charge in [0.1, 0.15) is 11.2 Å². The molecular weight excluding hydrogens is 753 g/mol. The highest BCUT2D eigenvalue weighted by Crippen LogP contribution is 2.53. The molecule has 0 saturated heterocycles. The zero-order valence-electron chi connectivity index (χ0n) is 31.7. The van der Waals surface area contributed by atoms with Crippen molar-refractivity contribution in [3.63, 3.8) is 0 Å². The molecule has 0 radical (unpaired) electrons. The van der Waals surface area contributed by atoms with Gasteiger partial charge in [-0.05, 0) is 83.9 Å². The summed E-state index contributed by atoms with van der Waals surface area (Å²) in [4.78, 5) is 1.32. The van der Waals surface area contributed by atoms with Gasteiger partial charge in [0.15, 0.2) is 0 Å². The van der Waals surface area contributed by atoms with Crippen molar-refractivity contribution in [2.45, 2.75) is 0 Å². The summed E-state index contributed by atoms with van der Waals surface area (Å²) in [5.74, 6) is 0. The fraction of sp³-hybridized carbons (Fsp3) is 0. The first kappa shape index (κ1) is 33.0. The third-order valence-corrected chi connectivity index (χ3v) is 14.9. The third-order valence-electron chi connectivity index (χ3n) is 12.3. The van der Waals surface area contributed by atoms with Crippen LogP contribution in [0.15, 0.2) is 199 Å². The monoisotopic (exact) mass is 784 g/mol. The predicted molar refractivity (Wildman–Crippen MR) is 256 cm³/mol. The molecule has 0 unspecified atom stereocenters. The molecule has 0 aliphatic heterocycles. The van der Waals surface area contributed by atoms with Gasteiger partial charge in [0.2, 0.25) is 0 Å². The summed E-state index contributed by atoms with van der Waals surface area (Å²) < 4.78 is 10.4. The maximum absolute atomic E-state index is 6.34. The molecule has 0 aliphatic rings. The molecule has 0 saturated carbocycles. The van der Waals surface area contributed by atoms with Gasteiger partial charge in [0, 0.05) is 42.1 Å². The Balaban J connectivity index is 1.10. The Bertz CT molecular complexity index is 3770. The second kappa shape index (κ2) is 12.7. The van der Waals surface area contributed by atoms with Crippen LogP contribution in [0, 0.1) is 0 Å². The van der Waals surface area contributed by atoms with Crippen LogP contribution < -0.4 is 0 Å². The number of hydrogen-bond acceptors (Lipinski definition) is 3. The first-order valence-electron chi connectivity index (χ1n) is 20.1. The Kier molecular flexibility index (Phi) is 7.12.